The van der Waals surface area contributed by atoms with Gasteiger partial charge in [0, 0.05) is 28.9 Å². The minimum Gasteiger partial charge on any atom is -0.483 e. The predicted octanol–water partition coefficient (Wildman–Crippen LogP) is 5.05. The largest absolute Gasteiger partial charge is 0.483 e. The van der Waals surface area contributed by atoms with Crippen LogP contribution in [0.25, 0.3) is 11.3 Å². The van der Waals surface area contributed by atoms with E-state index < -0.39 is 0 Å². The summed E-state index contributed by atoms with van der Waals surface area (Å²) in [6.45, 7) is 12.6. The number of aromatic nitrogens is 2. The van der Waals surface area contributed by atoms with Crippen molar-refractivity contribution in [3.8, 4) is 17.0 Å². The van der Waals surface area contributed by atoms with Gasteiger partial charge in [0.1, 0.15) is 5.75 Å². The van der Waals surface area contributed by atoms with Gasteiger partial charge < -0.3 is 9.30 Å². The van der Waals surface area contributed by atoms with Gasteiger partial charge >= 0.3 is 0 Å². The lowest BCUT2D eigenvalue weighted by atomic mass is 10.1. The van der Waals surface area contributed by atoms with E-state index in [0.29, 0.717) is 5.13 Å². The molecule has 0 aliphatic rings. The molecule has 0 atom stereocenters. The number of nitrogens with one attached hydrogen (secondary N) is 1. The van der Waals surface area contributed by atoms with Crippen LogP contribution in [0.15, 0.2) is 42.3 Å². The second-order valence-electron chi connectivity index (χ2n) is 6.83. The number of aryl methyl sites for hydroxylation is 3. The molecular formula is C22H25N3O2S. The highest BCUT2D eigenvalue weighted by atomic mass is 32.1. The Morgan fingerprint density at radius 3 is 2.82 bits per heavy atom. The predicted molar refractivity (Wildman–Crippen MR) is 115 cm³/mol. The van der Waals surface area contributed by atoms with E-state index in [1.165, 1.54) is 11.3 Å². The lowest BCUT2D eigenvalue weighted by molar-refractivity contribution is -0.118. The van der Waals surface area contributed by atoms with Gasteiger partial charge in [0.05, 0.1) is 5.69 Å². The van der Waals surface area contributed by atoms with E-state index in [1.807, 2.05) is 43.5 Å². The smallest absolute Gasteiger partial charge is 0.264 e. The number of thiazole rings is 1. The topological polar surface area (TPSA) is 56.2 Å². The number of benzene rings is 1. The zero-order valence-corrected chi connectivity index (χ0v) is 17.5. The maximum absolute atomic E-state index is 12.3. The molecule has 28 heavy (non-hydrogen) atoms. The van der Waals surface area contributed by atoms with Gasteiger partial charge in [0.15, 0.2) is 11.7 Å². The molecule has 1 aromatic carbocycles. The minimum absolute atomic E-state index is 0.0486. The molecule has 0 spiro atoms. The van der Waals surface area contributed by atoms with E-state index in [1.54, 1.807) is 0 Å². The molecule has 0 bridgehead atoms. The minimum atomic E-state index is -0.223. The van der Waals surface area contributed by atoms with Gasteiger partial charge in [-0.15, -0.1) is 17.9 Å². The van der Waals surface area contributed by atoms with Crippen molar-refractivity contribution in [3.05, 3.63) is 64.8 Å². The van der Waals surface area contributed by atoms with E-state index in [0.717, 1.165) is 46.1 Å². The lowest BCUT2D eigenvalue weighted by Gasteiger charge is -2.09. The summed E-state index contributed by atoms with van der Waals surface area (Å²) in [5.41, 5.74) is 6.33. The van der Waals surface area contributed by atoms with Crippen LogP contribution in [0.5, 0.6) is 5.75 Å². The van der Waals surface area contributed by atoms with Crippen molar-refractivity contribution in [3.63, 3.8) is 0 Å². The van der Waals surface area contributed by atoms with Gasteiger partial charge in [-0.3, -0.25) is 10.1 Å². The maximum Gasteiger partial charge on any atom is 0.264 e. The summed E-state index contributed by atoms with van der Waals surface area (Å²) in [4.78, 5) is 16.8. The summed E-state index contributed by atoms with van der Waals surface area (Å²) in [6, 6.07) is 8.05. The Balaban J connectivity index is 1.66. The zero-order valence-electron chi connectivity index (χ0n) is 16.7. The van der Waals surface area contributed by atoms with Crippen molar-refractivity contribution in [2.75, 3.05) is 11.9 Å². The highest BCUT2D eigenvalue weighted by molar-refractivity contribution is 7.14. The molecule has 2 heterocycles. The summed E-state index contributed by atoms with van der Waals surface area (Å²) in [5.74, 6) is 0.503. The first-order chi connectivity index (χ1) is 13.4. The summed E-state index contributed by atoms with van der Waals surface area (Å²) in [6.07, 6.45) is 1.88. The summed E-state index contributed by atoms with van der Waals surface area (Å²) in [5, 5.41) is 5.35. The Morgan fingerprint density at radius 2 is 2.07 bits per heavy atom. The number of allylic oxidation sites excluding steroid dienone is 1. The Bertz CT molecular complexity index is 1020. The normalized spacial score (nSPS) is 10.7. The van der Waals surface area contributed by atoms with Crippen molar-refractivity contribution in [2.24, 2.45) is 0 Å². The SMILES string of the molecule is C=CCn1c(C)cc(-c2csc(NC(=O)COc3cc(C)ccc3C)n2)c1C. The Hall–Kier alpha value is -2.86. The third-order valence-electron chi connectivity index (χ3n) is 4.61. The second-order valence-corrected chi connectivity index (χ2v) is 7.69. The summed E-state index contributed by atoms with van der Waals surface area (Å²) < 4.78 is 7.85. The van der Waals surface area contributed by atoms with Gasteiger partial charge in [-0.05, 0) is 51.0 Å². The molecular weight excluding hydrogens is 370 g/mol. The van der Waals surface area contributed by atoms with Crippen molar-refractivity contribution in [2.45, 2.75) is 34.2 Å². The Labute approximate surface area is 169 Å². The average molecular weight is 396 g/mol. The molecule has 2 aromatic heterocycles. The van der Waals surface area contributed by atoms with Crippen LogP contribution in [-0.4, -0.2) is 22.1 Å². The van der Waals surface area contributed by atoms with Crippen LogP contribution < -0.4 is 10.1 Å². The first-order valence-electron chi connectivity index (χ1n) is 9.12. The quantitative estimate of drug-likeness (QED) is 0.570. The maximum atomic E-state index is 12.3. The molecule has 0 radical (unpaired) electrons. The van der Waals surface area contributed by atoms with Gasteiger partial charge in [-0.25, -0.2) is 4.98 Å². The van der Waals surface area contributed by atoms with Crippen LogP contribution >= 0.6 is 11.3 Å². The number of hydrogen-bond acceptors (Lipinski definition) is 4. The van der Waals surface area contributed by atoms with E-state index in [-0.39, 0.29) is 12.5 Å². The molecule has 3 aromatic rings. The Kier molecular flexibility index (Phi) is 5.99. The molecule has 1 N–H and O–H groups in total. The molecule has 0 aliphatic carbocycles. The first kappa shape index (κ1) is 19.9. The standard InChI is InChI=1S/C22H25N3O2S/c1-6-9-25-16(4)11-18(17(25)5)19-13-28-22(23-19)24-21(26)12-27-20-10-14(2)7-8-15(20)3/h6-8,10-11,13H,1,9,12H2,2-5H3,(H,23,24,26). The molecule has 0 saturated heterocycles. The molecule has 0 fully saturated rings. The molecule has 3 rings (SSSR count). The molecule has 0 unspecified atom stereocenters. The second kappa shape index (κ2) is 8.44. The van der Waals surface area contributed by atoms with Crippen LogP contribution in [0.2, 0.25) is 0 Å². The van der Waals surface area contributed by atoms with Gasteiger partial charge in [0.2, 0.25) is 0 Å². The van der Waals surface area contributed by atoms with Gasteiger partial charge in [0.25, 0.3) is 5.91 Å². The van der Waals surface area contributed by atoms with E-state index >= 15 is 0 Å². The van der Waals surface area contributed by atoms with Crippen molar-refractivity contribution < 1.29 is 9.53 Å². The van der Waals surface area contributed by atoms with E-state index in [9.17, 15) is 4.79 Å². The van der Waals surface area contributed by atoms with Crippen molar-refractivity contribution in [1.29, 1.82) is 0 Å². The van der Waals surface area contributed by atoms with Crippen LogP contribution in [0.4, 0.5) is 5.13 Å². The van der Waals surface area contributed by atoms with Gasteiger partial charge in [-0.1, -0.05) is 18.2 Å². The highest BCUT2D eigenvalue weighted by Crippen LogP contribution is 2.30. The fraction of sp³-hybridized carbons (Fsp3) is 0.273. The number of amides is 1. The third kappa shape index (κ3) is 4.34. The fourth-order valence-electron chi connectivity index (χ4n) is 3.09. The molecule has 146 valence electrons. The summed E-state index contributed by atoms with van der Waals surface area (Å²) >= 11 is 1.41. The van der Waals surface area contributed by atoms with Gasteiger partial charge in [-0.2, -0.15) is 0 Å². The third-order valence-corrected chi connectivity index (χ3v) is 5.37. The number of ether oxygens (including phenoxy) is 1. The monoisotopic (exact) mass is 395 g/mol. The number of carbonyl (C=O) groups is 1. The van der Waals surface area contributed by atoms with E-state index in [4.69, 9.17) is 4.74 Å². The van der Waals surface area contributed by atoms with E-state index in [2.05, 4.69) is 41.4 Å². The van der Waals surface area contributed by atoms with Crippen LogP contribution in [0.3, 0.4) is 0 Å². The molecule has 5 nitrogen and oxygen atoms in total. The molecule has 1 amide bonds. The number of rotatable bonds is 7. The fourth-order valence-corrected chi connectivity index (χ4v) is 3.81. The summed E-state index contributed by atoms with van der Waals surface area (Å²) in [7, 11) is 0. The highest BCUT2D eigenvalue weighted by Gasteiger charge is 2.14. The van der Waals surface area contributed by atoms with Crippen LogP contribution in [0, 0.1) is 27.7 Å². The number of carbonyl (C=O) groups excluding carboxylic acids is 1. The van der Waals surface area contributed by atoms with Crippen molar-refractivity contribution in [1.82, 2.24) is 9.55 Å². The van der Waals surface area contributed by atoms with Crippen molar-refractivity contribution >= 4 is 22.4 Å². The Morgan fingerprint density at radius 1 is 1.29 bits per heavy atom. The number of hydrogen-bond donors (Lipinski definition) is 1. The average Bonchev–Trinajstić information content (AvgIpc) is 3.22. The number of anilines is 1. The zero-order chi connectivity index (χ0) is 20.3. The molecule has 0 saturated carbocycles. The first-order valence-corrected chi connectivity index (χ1v) is 10.0. The lowest BCUT2D eigenvalue weighted by Crippen LogP contribution is -2.20. The molecule has 6 heteroatoms. The number of nitrogens with zero attached hydrogens (tertiary/aromatic N) is 2. The van der Waals surface area contributed by atoms with Crippen LogP contribution in [0.1, 0.15) is 22.5 Å². The van der Waals surface area contributed by atoms with Crippen LogP contribution in [-0.2, 0) is 11.3 Å². The molecule has 0 aliphatic heterocycles.